The summed E-state index contributed by atoms with van der Waals surface area (Å²) in [6, 6.07) is 14.8. The fourth-order valence-corrected chi connectivity index (χ4v) is 4.13. The van der Waals surface area contributed by atoms with Crippen molar-refractivity contribution in [2.45, 2.75) is 38.6 Å². The summed E-state index contributed by atoms with van der Waals surface area (Å²) < 4.78 is 0. The Hall–Kier alpha value is -2.99. The minimum atomic E-state index is -0.277. The first kappa shape index (κ1) is 20.3. The Morgan fingerprint density at radius 1 is 0.867 bits per heavy atom. The van der Waals surface area contributed by atoms with Crippen LogP contribution < -0.4 is 5.32 Å². The lowest BCUT2D eigenvalue weighted by Crippen LogP contribution is -2.31. The molecule has 2 aliphatic rings. The lowest BCUT2D eigenvalue weighted by atomic mass is 10.1. The summed E-state index contributed by atoms with van der Waals surface area (Å²) in [7, 11) is 0. The molecule has 2 aromatic rings. The average Bonchev–Trinajstić information content (AvgIpc) is 3.01. The molecule has 156 valence electrons. The van der Waals surface area contributed by atoms with Crippen LogP contribution in [-0.2, 0) is 11.3 Å². The number of likely N-dealkylation sites (tertiary alicyclic amines) is 1. The van der Waals surface area contributed by atoms with Crippen molar-refractivity contribution in [3.8, 4) is 0 Å². The van der Waals surface area contributed by atoms with Gasteiger partial charge in [0.2, 0.25) is 5.91 Å². The second-order valence-electron chi connectivity index (χ2n) is 7.99. The van der Waals surface area contributed by atoms with Crippen LogP contribution in [0.5, 0.6) is 0 Å². The number of carbonyl (C=O) groups is 3. The number of nitrogens with one attached hydrogen (secondary N) is 1. The Kier molecular flexibility index (Phi) is 6.23. The normalized spacial score (nSPS) is 16.6. The third kappa shape index (κ3) is 4.60. The quantitative estimate of drug-likeness (QED) is 0.714. The average molecular weight is 405 g/mol. The first-order chi connectivity index (χ1) is 14.6. The molecule has 2 aliphatic heterocycles. The Labute approximate surface area is 176 Å². The van der Waals surface area contributed by atoms with E-state index in [0.29, 0.717) is 17.5 Å². The topological polar surface area (TPSA) is 69.7 Å². The molecule has 6 heteroatoms. The Morgan fingerprint density at radius 3 is 2.13 bits per heavy atom. The summed E-state index contributed by atoms with van der Waals surface area (Å²) in [6.45, 7) is 3.51. The predicted octanol–water partition coefficient (Wildman–Crippen LogP) is 3.69. The van der Waals surface area contributed by atoms with Gasteiger partial charge >= 0.3 is 0 Å². The Bertz CT molecular complexity index is 898. The minimum Gasteiger partial charge on any atom is -0.326 e. The van der Waals surface area contributed by atoms with Crippen molar-refractivity contribution >= 4 is 23.4 Å². The van der Waals surface area contributed by atoms with E-state index in [1.165, 1.54) is 29.7 Å². The van der Waals surface area contributed by atoms with E-state index < -0.39 is 0 Å². The molecule has 0 radical (unpaired) electrons. The van der Waals surface area contributed by atoms with Crippen molar-refractivity contribution < 1.29 is 14.4 Å². The van der Waals surface area contributed by atoms with Gasteiger partial charge in [0.1, 0.15) is 0 Å². The van der Waals surface area contributed by atoms with Crippen LogP contribution in [-0.4, -0.2) is 47.2 Å². The van der Waals surface area contributed by atoms with Gasteiger partial charge in [-0.3, -0.25) is 24.2 Å². The van der Waals surface area contributed by atoms with E-state index in [4.69, 9.17) is 0 Å². The van der Waals surface area contributed by atoms with E-state index in [9.17, 15) is 14.4 Å². The molecule has 1 fully saturated rings. The number of fused-ring (bicyclic) bond motifs is 1. The summed E-state index contributed by atoms with van der Waals surface area (Å²) in [4.78, 5) is 40.7. The van der Waals surface area contributed by atoms with Crippen LogP contribution in [0.1, 0.15) is 58.4 Å². The molecule has 6 nitrogen and oxygen atoms in total. The van der Waals surface area contributed by atoms with E-state index in [2.05, 4.69) is 22.3 Å². The maximum atomic E-state index is 12.3. The maximum Gasteiger partial charge on any atom is 0.261 e. The molecule has 3 amide bonds. The van der Waals surface area contributed by atoms with Crippen LogP contribution in [0.2, 0.25) is 0 Å². The largest absolute Gasteiger partial charge is 0.326 e. The van der Waals surface area contributed by atoms with Crippen molar-refractivity contribution in [3.05, 3.63) is 65.2 Å². The number of anilines is 1. The fraction of sp³-hybridized carbons (Fsp3) is 0.375. The minimum absolute atomic E-state index is 0.115. The second-order valence-corrected chi connectivity index (χ2v) is 7.99. The molecule has 30 heavy (non-hydrogen) atoms. The van der Waals surface area contributed by atoms with Crippen molar-refractivity contribution in [2.24, 2.45) is 0 Å². The summed E-state index contributed by atoms with van der Waals surface area (Å²) in [5.74, 6) is -0.670. The van der Waals surface area contributed by atoms with E-state index in [-0.39, 0.29) is 30.7 Å². The number of piperidine rings is 1. The molecule has 0 aliphatic carbocycles. The van der Waals surface area contributed by atoms with Crippen molar-refractivity contribution in [1.82, 2.24) is 9.80 Å². The molecule has 0 spiro atoms. The van der Waals surface area contributed by atoms with E-state index in [0.717, 1.165) is 25.3 Å². The SMILES string of the molecule is O=C(CCCN1C(=O)c2ccccc2C1=O)Nc1ccc(CN2CCCCC2)cc1. The monoisotopic (exact) mass is 405 g/mol. The molecular formula is C24H27N3O3. The number of benzene rings is 2. The molecule has 4 rings (SSSR count). The zero-order chi connectivity index (χ0) is 20.9. The van der Waals surface area contributed by atoms with Gasteiger partial charge in [0.15, 0.2) is 0 Å². The number of amides is 3. The van der Waals surface area contributed by atoms with Crippen LogP contribution in [0.4, 0.5) is 5.69 Å². The van der Waals surface area contributed by atoms with Gasteiger partial charge in [0, 0.05) is 25.2 Å². The molecule has 0 unspecified atom stereocenters. The highest BCUT2D eigenvalue weighted by atomic mass is 16.2. The third-order valence-corrected chi connectivity index (χ3v) is 5.76. The Balaban J connectivity index is 1.22. The molecule has 1 saturated heterocycles. The highest BCUT2D eigenvalue weighted by molar-refractivity contribution is 6.21. The van der Waals surface area contributed by atoms with Crippen molar-refractivity contribution in [3.63, 3.8) is 0 Å². The van der Waals surface area contributed by atoms with E-state index in [1.54, 1.807) is 24.3 Å². The van der Waals surface area contributed by atoms with Crippen molar-refractivity contribution in [1.29, 1.82) is 0 Å². The zero-order valence-electron chi connectivity index (χ0n) is 17.1. The van der Waals surface area contributed by atoms with Gasteiger partial charge in [-0.1, -0.05) is 30.7 Å². The number of hydrogen-bond donors (Lipinski definition) is 1. The molecule has 2 heterocycles. The molecule has 1 N–H and O–H groups in total. The van der Waals surface area contributed by atoms with Gasteiger partial charge in [-0.2, -0.15) is 0 Å². The van der Waals surface area contributed by atoms with Gasteiger partial charge < -0.3 is 5.32 Å². The summed E-state index contributed by atoms with van der Waals surface area (Å²) in [5.41, 5.74) is 2.90. The lowest BCUT2D eigenvalue weighted by Gasteiger charge is -2.26. The summed E-state index contributed by atoms with van der Waals surface area (Å²) in [6.07, 6.45) is 4.56. The van der Waals surface area contributed by atoms with Crippen LogP contribution in [0, 0.1) is 0 Å². The fourth-order valence-electron chi connectivity index (χ4n) is 4.13. The molecule has 0 saturated carbocycles. The Morgan fingerprint density at radius 2 is 1.50 bits per heavy atom. The van der Waals surface area contributed by atoms with Gasteiger partial charge in [-0.05, 0) is 62.2 Å². The first-order valence-electron chi connectivity index (χ1n) is 10.7. The number of rotatable bonds is 7. The third-order valence-electron chi connectivity index (χ3n) is 5.76. The lowest BCUT2D eigenvalue weighted by molar-refractivity contribution is -0.116. The van der Waals surface area contributed by atoms with Gasteiger partial charge in [-0.25, -0.2) is 0 Å². The highest BCUT2D eigenvalue weighted by Crippen LogP contribution is 2.22. The number of carbonyl (C=O) groups excluding carboxylic acids is 3. The number of imide groups is 1. The van der Waals surface area contributed by atoms with E-state index in [1.807, 2.05) is 12.1 Å². The molecular weight excluding hydrogens is 378 g/mol. The number of hydrogen-bond acceptors (Lipinski definition) is 4. The smallest absolute Gasteiger partial charge is 0.261 e. The maximum absolute atomic E-state index is 12.3. The van der Waals surface area contributed by atoms with Gasteiger partial charge in [0.05, 0.1) is 11.1 Å². The van der Waals surface area contributed by atoms with Gasteiger partial charge in [0.25, 0.3) is 11.8 Å². The first-order valence-corrected chi connectivity index (χ1v) is 10.7. The molecule has 0 atom stereocenters. The van der Waals surface area contributed by atoms with Crippen LogP contribution >= 0.6 is 0 Å². The zero-order valence-corrected chi connectivity index (χ0v) is 17.1. The summed E-state index contributed by atoms with van der Waals surface area (Å²) >= 11 is 0. The number of nitrogens with zero attached hydrogens (tertiary/aromatic N) is 2. The second kappa shape index (κ2) is 9.22. The molecule has 0 aromatic heterocycles. The van der Waals surface area contributed by atoms with Crippen LogP contribution in [0.15, 0.2) is 48.5 Å². The molecule has 2 aromatic carbocycles. The molecule has 0 bridgehead atoms. The van der Waals surface area contributed by atoms with Crippen LogP contribution in [0.3, 0.4) is 0 Å². The van der Waals surface area contributed by atoms with Gasteiger partial charge in [-0.15, -0.1) is 0 Å². The standard InChI is InChI=1S/C24H27N3O3/c28-22(9-6-16-27-23(29)20-7-2-3-8-21(20)24(27)30)25-19-12-10-18(11-13-19)17-26-14-4-1-5-15-26/h2-3,7-8,10-13H,1,4-6,9,14-17H2,(H,25,28). The van der Waals surface area contributed by atoms with Crippen molar-refractivity contribution in [2.75, 3.05) is 25.0 Å². The predicted molar refractivity (Wildman–Crippen MR) is 115 cm³/mol. The summed E-state index contributed by atoms with van der Waals surface area (Å²) in [5, 5.41) is 2.90. The van der Waals surface area contributed by atoms with E-state index >= 15 is 0 Å². The van der Waals surface area contributed by atoms with Crippen LogP contribution in [0.25, 0.3) is 0 Å². The highest BCUT2D eigenvalue weighted by Gasteiger charge is 2.34.